The van der Waals surface area contributed by atoms with E-state index >= 15 is 0 Å². The first-order valence-electron chi connectivity index (χ1n) is 6.72. The Balaban J connectivity index is 2.04. The van der Waals surface area contributed by atoms with Crippen molar-refractivity contribution in [3.8, 4) is 5.75 Å². The first-order valence-corrected chi connectivity index (χ1v) is 7.54. The maximum absolute atomic E-state index is 12.3. The number of aryl methyl sites for hydroxylation is 1. The predicted molar refractivity (Wildman–Crippen MR) is 83.6 cm³/mol. The largest absolute Gasteiger partial charge is 0.573 e. The van der Waals surface area contributed by atoms with Gasteiger partial charge in [-0.2, -0.15) is 0 Å². The summed E-state index contributed by atoms with van der Waals surface area (Å²) in [6.07, 6.45) is -2.12. The molecule has 1 aromatic heterocycles. The minimum atomic E-state index is -4.78. The summed E-state index contributed by atoms with van der Waals surface area (Å²) in [7, 11) is 0. The third kappa shape index (κ3) is 5.44. The van der Waals surface area contributed by atoms with Crippen LogP contribution < -0.4 is 15.8 Å². The number of thiazole rings is 1. The van der Waals surface area contributed by atoms with E-state index in [4.69, 9.17) is 5.73 Å². The molecule has 0 fully saturated rings. The smallest absolute Gasteiger partial charge is 0.404 e. The van der Waals surface area contributed by atoms with E-state index in [-0.39, 0.29) is 23.9 Å². The van der Waals surface area contributed by atoms with Crippen molar-refractivity contribution < 1.29 is 17.9 Å². The summed E-state index contributed by atoms with van der Waals surface area (Å²) >= 11 is 1.52. The highest BCUT2D eigenvalue weighted by molar-refractivity contribution is 7.11. The van der Waals surface area contributed by atoms with Crippen LogP contribution in [0.15, 0.2) is 35.5 Å². The van der Waals surface area contributed by atoms with E-state index in [1.807, 2.05) is 6.92 Å². The quantitative estimate of drug-likeness (QED) is 0.643. The lowest BCUT2D eigenvalue weighted by atomic mass is 10.3. The van der Waals surface area contributed by atoms with Crippen molar-refractivity contribution in [2.75, 3.05) is 5.32 Å². The number of nitrogens with two attached hydrogens (primary N) is 1. The van der Waals surface area contributed by atoms with Gasteiger partial charge in [0, 0.05) is 11.1 Å². The lowest BCUT2D eigenvalue weighted by molar-refractivity contribution is -0.274. The Morgan fingerprint density at radius 2 is 2.13 bits per heavy atom. The summed E-state index contributed by atoms with van der Waals surface area (Å²) in [5.74, 6) is -0.392. The molecule has 0 atom stereocenters. The van der Waals surface area contributed by atoms with Crippen LogP contribution in [-0.2, 0) is 13.0 Å². The molecular formula is C14H15F3N4OS. The van der Waals surface area contributed by atoms with Crippen LogP contribution in [0.25, 0.3) is 0 Å². The van der Waals surface area contributed by atoms with Gasteiger partial charge in [-0.15, -0.1) is 24.5 Å². The number of nitrogens with zero attached hydrogens (tertiary/aromatic N) is 2. The number of aromatic nitrogens is 1. The molecule has 0 bridgehead atoms. The van der Waals surface area contributed by atoms with Gasteiger partial charge < -0.3 is 15.8 Å². The summed E-state index contributed by atoms with van der Waals surface area (Å²) in [6.45, 7) is 2.28. The van der Waals surface area contributed by atoms with E-state index in [0.717, 1.165) is 16.3 Å². The van der Waals surface area contributed by atoms with E-state index in [9.17, 15) is 13.2 Å². The van der Waals surface area contributed by atoms with Crippen LogP contribution in [0.3, 0.4) is 0 Å². The Kier molecular flexibility index (Phi) is 5.43. The number of halogens is 3. The first-order chi connectivity index (χ1) is 10.9. The van der Waals surface area contributed by atoms with E-state index in [0.29, 0.717) is 0 Å². The molecule has 0 aliphatic rings. The minimum Gasteiger partial charge on any atom is -0.404 e. The van der Waals surface area contributed by atoms with E-state index in [1.54, 1.807) is 12.3 Å². The number of alkyl halides is 3. The van der Waals surface area contributed by atoms with Crippen LogP contribution in [0.1, 0.15) is 16.8 Å². The molecule has 2 aromatic rings. The molecule has 0 amide bonds. The summed E-state index contributed by atoms with van der Waals surface area (Å²) in [5, 5.41) is 3.39. The molecule has 5 nitrogen and oxygen atoms in total. The number of para-hydroxylation sites is 2. The van der Waals surface area contributed by atoms with Crippen LogP contribution in [0.4, 0.5) is 18.9 Å². The molecule has 1 aromatic carbocycles. The average Bonchev–Trinajstić information content (AvgIpc) is 2.94. The second-order valence-corrected chi connectivity index (χ2v) is 5.64. The van der Waals surface area contributed by atoms with Gasteiger partial charge in [0.2, 0.25) is 0 Å². The third-order valence-corrected chi connectivity index (χ3v) is 3.84. The van der Waals surface area contributed by atoms with Gasteiger partial charge in [0.25, 0.3) is 0 Å². The number of guanidine groups is 1. The third-order valence-electron chi connectivity index (χ3n) is 2.71. The van der Waals surface area contributed by atoms with Gasteiger partial charge in [-0.05, 0) is 18.6 Å². The fourth-order valence-electron chi connectivity index (χ4n) is 1.70. The highest BCUT2D eigenvalue weighted by Gasteiger charge is 2.32. The van der Waals surface area contributed by atoms with Gasteiger partial charge in [-0.3, -0.25) is 0 Å². The molecule has 0 aliphatic carbocycles. The summed E-state index contributed by atoms with van der Waals surface area (Å²) in [5.41, 5.74) is 5.79. The Bertz CT molecular complexity index is 685. The van der Waals surface area contributed by atoms with Gasteiger partial charge in [-0.25, -0.2) is 9.98 Å². The maximum atomic E-state index is 12.3. The number of anilines is 1. The molecule has 0 saturated carbocycles. The molecule has 1 heterocycles. The van der Waals surface area contributed by atoms with Crippen LogP contribution in [0.2, 0.25) is 0 Å². The van der Waals surface area contributed by atoms with Crippen molar-refractivity contribution >= 4 is 23.0 Å². The number of hydrogen-bond donors (Lipinski definition) is 2. The van der Waals surface area contributed by atoms with E-state index < -0.39 is 6.36 Å². The molecule has 0 unspecified atom stereocenters. The summed E-state index contributed by atoms with van der Waals surface area (Å²) in [4.78, 5) is 9.39. The molecule has 23 heavy (non-hydrogen) atoms. The summed E-state index contributed by atoms with van der Waals surface area (Å²) < 4.78 is 41.0. The Morgan fingerprint density at radius 3 is 2.78 bits per heavy atom. The number of hydrogen-bond acceptors (Lipinski definition) is 4. The second kappa shape index (κ2) is 7.32. The minimum absolute atomic E-state index is 0.0172. The van der Waals surface area contributed by atoms with Crippen LogP contribution in [-0.4, -0.2) is 17.3 Å². The Morgan fingerprint density at radius 1 is 1.39 bits per heavy atom. The zero-order valence-electron chi connectivity index (χ0n) is 12.2. The number of aliphatic imine (C=N–C) groups is 1. The van der Waals surface area contributed by atoms with Crippen molar-refractivity contribution in [2.24, 2.45) is 10.7 Å². The van der Waals surface area contributed by atoms with E-state index in [2.05, 4.69) is 20.0 Å². The molecule has 0 radical (unpaired) electrons. The van der Waals surface area contributed by atoms with Crippen LogP contribution in [0.5, 0.6) is 5.75 Å². The zero-order valence-corrected chi connectivity index (χ0v) is 13.0. The molecular weight excluding hydrogens is 329 g/mol. The Labute approximate surface area is 135 Å². The predicted octanol–water partition coefficient (Wildman–Crippen LogP) is 3.53. The number of rotatable bonds is 5. The highest BCUT2D eigenvalue weighted by atomic mass is 32.1. The van der Waals surface area contributed by atoms with Crippen LogP contribution >= 0.6 is 11.3 Å². The molecule has 9 heteroatoms. The van der Waals surface area contributed by atoms with Gasteiger partial charge in [-0.1, -0.05) is 19.1 Å². The van der Waals surface area contributed by atoms with Gasteiger partial charge in [0.1, 0.15) is 5.01 Å². The monoisotopic (exact) mass is 344 g/mol. The van der Waals surface area contributed by atoms with Crippen molar-refractivity contribution in [3.05, 3.63) is 40.3 Å². The number of ether oxygens (including phenoxy) is 1. The summed E-state index contributed by atoms with van der Waals surface area (Å²) in [6, 6.07) is 5.61. The molecule has 0 aliphatic heterocycles. The average molecular weight is 344 g/mol. The fraction of sp³-hybridized carbons (Fsp3) is 0.286. The normalized spacial score (nSPS) is 12.3. The van der Waals surface area contributed by atoms with Crippen molar-refractivity contribution in [3.63, 3.8) is 0 Å². The van der Waals surface area contributed by atoms with Gasteiger partial charge in [0.05, 0.1) is 12.2 Å². The SMILES string of the molecule is CCc1cnc(CN=C(N)Nc2ccccc2OC(F)(F)F)s1. The maximum Gasteiger partial charge on any atom is 0.573 e. The molecule has 0 spiro atoms. The molecule has 124 valence electrons. The van der Waals surface area contributed by atoms with Crippen molar-refractivity contribution in [1.82, 2.24) is 4.98 Å². The standard InChI is InChI=1S/C14H15F3N4OS/c1-2-9-7-19-12(23-9)8-20-13(18)21-10-5-3-4-6-11(10)22-14(15,16)17/h3-7H,2,8H2,1H3,(H3,18,20,21). The highest BCUT2D eigenvalue weighted by Crippen LogP contribution is 2.29. The molecule has 2 rings (SSSR count). The topological polar surface area (TPSA) is 72.5 Å². The number of benzene rings is 1. The lowest BCUT2D eigenvalue weighted by Gasteiger charge is -2.13. The lowest BCUT2D eigenvalue weighted by Crippen LogP contribution is -2.24. The Hall–Kier alpha value is -2.29. The number of nitrogens with one attached hydrogen (secondary N) is 1. The van der Waals surface area contributed by atoms with Gasteiger partial charge >= 0.3 is 6.36 Å². The molecule has 3 N–H and O–H groups in total. The fourth-order valence-corrected chi connectivity index (χ4v) is 2.49. The molecule has 0 saturated heterocycles. The zero-order chi connectivity index (χ0) is 16.9. The van der Waals surface area contributed by atoms with Crippen LogP contribution in [0, 0.1) is 0 Å². The van der Waals surface area contributed by atoms with E-state index in [1.165, 1.54) is 29.5 Å². The second-order valence-electron chi connectivity index (χ2n) is 4.44. The van der Waals surface area contributed by atoms with Crippen molar-refractivity contribution in [1.29, 1.82) is 0 Å². The first kappa shape index (κ1) is 17.1. The van der Waals surface area contributed by atoms with Gasteiger partial charge in [0.15, 0.2) is 11.7 Å². The van der Waals surface area contributed by atoms with Crippen molar-refractivity contribution in [2.45, 2.75) is 26.3 Å².